The Labute approximate surface area is 217 Å². The maximum absolute atomic E-state index is 6.06. The van der Waals surface area contributed by atoms with Crippen molar-refractivity contribution >= 4 is 0 Å². The van der Waals surface area contributed by atoms with Gasteiger partial charge in [-0.3, -0.25) is 0 Å². The second-order valence-electron chi connectivity index (χ2n) is 10.7. The smallest absolute Gasteiger partial charge is 0.161 e. The third-order valence-electron chi connectivity index (χ3n) is 7.52. The average molecular weight is 489 g/mol. The second-order valence-corrected chi connectivity index (χ2v) is 10.7. The molecule has 1 fully saturated rings. The number of aryl methyl sites for hydroxylation is 1. The predicted molar refractivity (Wildman–Crippen MR) is 151 cm³/mol. The summed E-state index contributed by atoms with van der Waals surface area (Å²) >= 11 is 0. The number of methoxy groups -OCH3 is 1. The van der Waals surface area contributed by atoms with Gasteiger partial charge in [0.2, 0.25) is 0 Å². The van der Waals surface area contributed by atoms with Crippen LogP contribution in [-0.4, -0.2) is 63.3 Å². The van der Waals surface area contributed by atoms with E-state index >= 15 is 0 Å². The minimum Gasteiger partial charge on any atom is -0.493 e. The van der Waals surface area contributed by atoms with Crippen molar-refractivity contribution in [2.24, 2.45) is 0 Å². The van der Waals surface area contributed by atoms with Crippen LogP contribution in [-0.2, 0) is 6.42 Å². The molecule has 4 nitrogen and oxygen atoms in total. The van der Waals surface area contributed by atoms with Crippen LogP contribution in [0.1, 0.15) is 109 Å². The lowest BCUT2D eigenvalue weighted by Gasteiger charge is -2.32. The summed E-state index contributed by atoms with van der Waals surface area (Å²) in [7, 11) is 3.97. The summed E-state index contributed by atoms with van der Waals surface area (Å²) in [4.78, 5) is 5.00. The second kappa shape index (κ2) is 19.9. The van der Waals surface area contributed by atoms with Gasteiger partial charge >= 0.3 is 0 Å². The third-order valence-corrected chi connectivity index (χ3v) is 7.52. The van der Waals surface area contributed by atoms with E-state index in [-0.39, 0.29) is 0 Å². The number of piperazine rings is 1. The number of benzene rings is 1. The molecule has 35 heavy (non-hydrogen) atoms. The molecule has 0 radical (unpaired) electrons. The van der Waals surface area contributed by atoms with Gasteiger partial charge in [-0.1, -0.05) is 96.5 Å². The highest BCUT2D eigenvalue weighted by Gasteiger charge is 2.13. The molecule has 1 aliphatic heterocycles. The third kappa shape index (κ3) is 14.2. The predicted octanol–water partition coefficient (Wildman–Crippen LogP) is 7.74. The largest absolute Gasteiger partial charge is 0.493 e. The zero-order valence-electron chi connectivity index (χ0n) is 23.5. The van der Waals surface area contributed by atoms with Crippen molar-refractivity contribution in [3.05, 3.63) is 23.8 Å². The van der Waals surface area contributed by atoms with Gasteiger partial charge in [-0.05, 0) is 50.6 Å². The van der Waals surface area contributed by atoms with E-state index in [1.54, 1.807) is 7.11 Å². The number of rotatable bonds is 21. The topological polar surface area (TPSA) is 24.9 Å². The molecule has 202 valence electrons. The first-order chi connectivity index (χ1) is 17.2. The minimum atomic E-state index is 0.789. The molecule has 0 bridgehead atoms. The van der Waals surface area contributed by atoms with Crippen molar-refractivity contribution in [2.45, 2.75) is 110 Å². The van der Waals surface area contributed by atoms with Gasteiger partial charge in [-0.25, -0.2) is 0 Å². The van der Waals surface area contributed by atoms with Gasteiger partial charge in [0.15, 0.2) is 11.5 Å². The molecular formula is C31H56N2O2. The van der Waals surface area contributed by atoms with Crippen LogP contribution in [0.25, 0.3) is 0 Å². The van der Waals surface area contributed by atoms with Gasteiger partial charge in [0.05, 0.1) is 13.7 Å². The molecule has 0 atom stereocenters. The molecule has 0 amide bonds. The Morgan fingerprint density at radius 1 is 0.686 bits per heavy atom. The summed E-state index contributed by atoms with van der Waals surface area (Å²) in [6.45, 7) is 9.06. The van der Waals surface area contributed by atoms with Gasteiger partial charge in [0.25, 0.3) is 0 Å². The van der Waals surface area contributed by atoms with E-state index in [2.05, 4.69) is 42.0 Å². The summed E-state index contributed by atoms with van der Waals surface area (Å²) in [6, 6.07) is 6.49. The van der Waals surface area contributed by atoms with Crippen LogP contribution < -0.4 is 9.47 Å². The molecule has 0 aliphatic carbocycles. The van der Waals surface area contributed by atoms with E-state index in [0.717, 1.165) is 30.9 Å². The molecule has 1 aromatic rings. The fourth-order valence-electron chi connectivity index (χ4n) is 5.04. The van der Waals surface area contributed by atoms with Crippen molar-refractivity contribution in [1.29, 1.82) is 0 Å². The molecule has 0 unspecified atom stereocenters. The Balaban J connectivity index is 1.46. The molecule has 4 heteroatoms. The van der Waals surface area contributed by atoms with E-state index < -0.39 is 0 Å². The zero-order chi connectivity index (χ0) is 25.0. The molecular weight excluding hydrogens is 432 g/mol. The van der Waals surface area contributed by atoms with E-state index in [9.17, 15) is 0 Å². The van der Waals surface area contributed by atoms with E-state index in [4.69, 9.17) is 9.47 Å². The van der Waals surface area contributed by atoms with Crippen LogP contribution in [0.4, 0.5) is 0 Å². The number of hydrogen-bond acceptors (Lipinski definition) is 4. The van der Waals surface area contributed by atoms with E-state index in [1.165, 1.54) is 128 Å². The maximum Gasteiger partial charge on any atom is 0.161 e. The number of ether oxygens (including phenoxy) is 2. The fraction of sp³-hybridized carbons (Fsp3) is 0.806. The normalized spacial score (nSPS) is 14.9. The molecule has 1 saturated heterocycles. The fourth-order valence-corrected chi connectivity index (χ4v) is 5.04. The van der Waals surface area contributed by atoms with Gasteiger partial charge in [0.1, 0.15) is 0 Å². The van der Waals surface area contributed by atoms with Crippen molar-refractivity contribution in [3.8, 4) is 11.5 Å². The number of unbranched alkanes of at least 4 members (excludes halogenated alkanes) is 13. The molecule has 0 N–H and O–H groups in total. The average Bonchev–Trinajstić information content (AvgIpc) is 2.88. The van der Waals surface area contributed by atoms with Gasteiger partial charge in [-0.15, -0.1) is 0 Å². The lowest BCUT2D eigenvalue weighted by molar-refractivity contribution is 0.153. The standard InChI is InChI=1S/C31H56N2O2/c1-4-5-6-7-8-9-10-11-12-13-14-15-16-17-27-35-30-21-20-29(28-31(30)34-3)19-18-22-33-25-23-32(2)24-26-33/h20-21,28H,4-19,22-27H2,1-3H3. The highest BCUT2D eigenvalue weighted by Crippen LogP contribution is 2.29. The molecule has 1 heterocycles. The lowest BCUT2D eigenvalue weighted by Crippen LogP contribution is -2.44. The van der Waals surface area contributed by atoms with Gasteiger partial charge in [-0.2, -0.15) is 0 Å². The van der Waals surface area contributed by atoms with Crippen LogP contribution in [0.3, 0.4) is 0 Å². The Morgan fingerprint density at radius 3 is 1.83 bits per heavy atom. The summed E-state index contributed by atoms with van der Waals surface area (Å²) < 4.78 is 11.7. The summed E-state index contributed by atoms with van der Waals surface area (Å²) in [5, 5.41) is 0. The van der Waals surface area contributed by atoms with Crippen LogP contribution in [0.2, 0.25) is 0 Å². The first-order valence-electron chi connectivity index (χ1n) is 14.9. The molecule has 0 saturated carbocycles. The minimum absolute atomic E-state index is 0.789. The Morgan fingerprint density at radius 2 is 1.26 bits per heavy atom. The Bertz CT molecular complexity index is 628. The van der Waals surface area contributed by atoms with Crippen LogP contribution in [0.5, 0.6) is 11.5 Å². The van der Waals surface area contributed by atoms with Crippen molar-refractivity contribution in [3.63, 3.8) is 0 Å². The van der Waals surface area contributed by atoms with Crippen molar-refractivity contribution in [2.75, 3.05) is 53.5 Å². The lowest BCUT2D eigenvalue weighted by atomic mass is 10.0. The Kier molecular flexibility index (Phi) is 17.0. The van der Waals surface area contributed by atoms with Crippen molar-refractivity contribution < 1.29 is 9.47 Å². The summed E-state index contributed by atoms with van der Waals surface area (Å²) in [5.74, 6) is 1.78. The molecule has 1 aromatic carbocycles. The van der Waals surface area contributed by atoms with Crippen LogP contribution >= 0.6 is 0 Å². The monoisotopic (exact) mass is 488 g/mol. The first-order valence-corrected chi connectivity index (χ1v) is 14.9. The molecule has 1 aliphatic rings. The first kappa shape index (κ1) is 30.0. The molecule has 2 rings (SSSR count). The van der Waals surface area contributed by atoms with Crippen LogP contribution in [0, 0.1) is 0 Å². The van der Waals surface area contributed by atoms with Gasteiger partial charge in [0, 0.05) is 26.2 Å². The number of nitrogens with zero attached hydrogens (tertiary/aromatic N) is 2. The maximum atomic E-state index is 6.06. The number of hydrogen-bond donors (Lipinski definition) is 0. The molecule has 0 spiro atoms. The Hall–Kier alpha value is -1.26. The van der Waals surface area contributed by atoms with E-state index in [1.807, 2.05) is 0 Å². The van der Waals surface area contributed by atoms with Crippen LogP contribution in [0.15, 0.2) is 18.2 Å². The zero-order valence-corrected chi connectivity index (χ0v) is 23.5. The summed E-state index contributed by atoms with van der Waals surface area (Å²) in [6.07, 6.45) is 21.7. The number of likely N-dealkylation sites (N-methyl/N-ethyl adjacent to an activating group) is 1. The summed E-state index contributed by atoms with van der Waals surface area (Å²) in [5.41, 5.74) is 1.35. The SMILES string of the molecule is CCCCCCCCCCCCCCCCOc1ccc(CCCN2CCN(C)CC2)cc1OC. The quantitative estimate of drug-likeness (QED) is 0.165. The highest BCUT2D eigenvalue weighted by molar-refractivity contribution is 5.43. The van der Waals surface area contributed by atoms with Crippen molar-refractivity contribution in [1.82, 2.24) is 9.80 Å². The van der Waals surface area contributed by atoms with E-state index in [0.29, 0.717) is 0 Å². The van der Waals surface area contributed by atoms with Gasteiger partial charge < -0.3 is 19.3 Å². The highest BCUT2D eigenvalue weighted by atomic mass is 16.5. The molecule has 0 aromatic heterocycles.